The highest BCUT2D eigenvalue weighted by Crippen LogP contribution is 2.13. The predicted octanol–water partition coefficient (Wildman–Crippen LogP) is 3.31. The van der Waals surface area contributed by atoms with E-state index >= 15 is 0 Å². The molecule has 1 aromatic carbocycles. The molecular formula is C17H28N2OS. The van der Waals surface area contributed by atoms with Crippen LogP contribution in [0.2, 0.25) is 0 Å². The molecule has 1 rings (SSSR count). The SMILES string of the molecule is CC(C)CN(CCOc1cccc(C(N)=S)c1)CC(C)C. The molecule has 118 valence electrons. The van der Waals surface area contributed by atoms with Gasteiger partial charge in [0, 0.05) is 25.2 Å². The minimum absolute atomic E-state index is 0.404. The van der Waals surface area contributed by atoms with Gasteiger partial charge < -0.3 is 10.5 Å². The zero-order valence-corrected chi connectivity index (χ0v) is 14.5. The Kier molecular flexibility index (Phi) is 7.68. The lowest BCUT2D eigenvalue weighted by atomic mass is 10.1. The lowest BCUT2D eigenvalue weighted by Gasteiger charge is -2.26. The number of ether oxygens (including phenoxy) is 1. The van der Waals surface area contributed by atoms with E-state index in [2.05, 4.69) is 32.6 Å². The van der Waals surface area contributed by atoms with Crippen molar-refractivity contribution in [3.05, 3.63) is 29.8 Å². The van der Waals surface area contributed by atoms with E-state index in [-0.39, 0.29) is 0 Å². The third-order valence-corrected chi connectivity index (χ3v) is 3.28. The van der Waals surface area contributed by atoms with Crippen LogP contribution in [-0.2, 0) is 0 Å². The van der Waals surface area contributed by atoms with Crippen molar-refractivity contribution in [2.45, 2.75) is 27.7 Å². The normalized spacial score (nSPS) is 11.4. The van der Waals surface area contributed by atoms with Gasteiger partial charge in [-0.2, -0.15) is 0 Å². The first-order valence-electron chi connectivity index (χ1n) is 7.63. The van der Waals surface area contributed by atoms with Crippen LogP contribution in [0.5, 0.6) is 5.75 Å². The second-order valence-corrected chi connectivity index (χ2v) is 6.73. The summed E-state index contributed by atoms with van der Waals surface area (Å²) >= 11 is 4.98. The van der Waals surface area contributed by atoms with Crippen LogP contribution >= 0.6 is 12.2 Å². The van der Waals surface area contributed by atoms with Gasteiger partial charge in [-0.25, -0.2) is 0 Å². The second kappa shape index (κ2) is 9.00. The Labute approximate surface area is 134 Å². The predicted molar refractivity (Wildman–Crippen MR) is 93.9 cm³/mol. The molecule has 0 aromatic heterocycles. The van der Waals surface area contributed by atoms with E-state index in [1.807, 2.05) is 24.3 Å². The van der Waals surface area contributed by atoms with Crippen LogP contribution in [-0.4, -0.2) is 36.1 Å². The van der Waals surface area contributed by atoms with Gasteiger partial charge in [0.25, 0.3) is 0 Å². The van der Waals surface area contributed by atoms with Gasteiger partial charge in [-0.1, -0.05) is 52.0 Å². The number of benzene rings is 1. The Morgan fingerprint density at radius 3 is 2.33 bits per heavy atom. The molecule has 21 heavy (non-hydrogen) atoms. The van der Waals surface area contributed by atoms with Crippen molar-refractivity contribution >= 4 is 17.2 Å². The lowest BCUT2D eigenvalue weighted by molar-refractivity contribution is 0.177. The standard InChI is InChI=1S/C17H28N2OS/c1-13(2)11-19(12-14(3)4)8-9-20-16-7-5-6-15(10-16)17(18)21/h5-7,10,13-14H,8-9,11-12H2,1-4H3,(H2,18,21). The highest BCUT2D eigenvalue weighted by Gasteiger charge is 2.09. The number of nitrogens with two attached hydrogens (primary N) is 1. The molecule has 4 heteroatoms. The summed E-state index contributed by atoms with van der Waals surface area (Å²) in [7, 11) is 0. The van der Waals surface area contributed by atoms with Crippen LogP contribution in [0, 0.1) is 11.8 Å². The molecule has 0 saturated carbocycles. The van der Waals surface area contributed by atoms with Gasteiger partial charge in [0.2, 0.25) is 0 Å². The highest BCUT2D eigenvalue weighted by molar-refractivity contribution is 7.80. The van der Waals surface area contributed by atoms with Crippen molar-refractivity contribution in [3.63, 3.8) is 0 Å². The highest BCUT2D eigenvalue weighted by atomic mass is 32.1. The van der Waals surface area contributed by atoms with Gasteiger partial charge in [-0.15, -0.1) is 0 Å². The average molecular weight is 308 g/mol. The van der Waals surface area contributed by atoms with Crippen molar-refractivity contribution in [3.8, 4) is 5.75 Å². The third kappa shape index (κ3) is 7.44. The van der Waals surface area contributed by atoms with Gasteiger partial charge in [0.15, 0.2) is 0 Å². The van der Waals surface area contributed by atoms with Crippen LogP contribution in [0.1, 0.15) is 33.3 Å². The van der Waals surface area contributed by atoms with Gasteiger partial charge in [0.05, 0.1) is 0 Å². The second-order valence-electron chi connectivity index (χ2n) is 6.29. The Hall–Kier alpha value is -1.13. The molecule has 0 aliphatic heterocycles. The molecular weight excluding hydrogens is 280 g/mol. The average Bonchev–Trinajstić information content (AvgIpc) is 2.37. The number of hydrogen-bond acceptors (Lipinski definition) is 3. The summed E-state index contributed by atoms with van der Waals surface area (Å²) in [5, 5.41) is 0. The number of rotatable bonds is 9. The number of thiocarbonyl (C=S) groups is 1. The first-order valence-corrected chi connectivity index (χ1v) is 8.04. The zero-order valence-electron chi connectivity index (χ0n) is 13.6. The molecule has 0 bridgehead atoms. The molecule has 0 fully saturated rings. The van der Waals surface area contributed by atoms with E-state index in [0.717, 1.165) is 30.9 Å². The fraction of sp³-hybridized carbons (Fsp3) is 0.588. The van der Waals surface area contributed by atoms with E-state index in [1.54, 1.807) is 0 Å². The van der Waals surface area contributed by atoms with Gasteiger partial charge >= 0.3 is 0 Å². The first-order chi connectivity index (χ1) is 9.88. The van der Waals surface area contributed by atoms with Crippen LogP contribution in [0.4, 0.5) is 0 Å². The summed E-state index contributed by atoms with van der Waals surface area (Å²) in [6, 6.07) is 7.66. The Bertz CT molecular complexity index is 436. The summed E-state index contributed by atoms with van der Waals surface area (Å²) in [4.78, 5) is 2.87. The molecule has 0 saturated heterocycles. The smallest absolute Gasteiger partial charge is 0.120 e. The van der Waals surface area contributed by atoms with E-state index in [4.69, 9.17) is 22.7 Å². The fourth-order valence-corrected chi connectivity index (χ4v) is 2.45. The van der Waals surface area contributed by atoms with Crippen molar-refractivity contribution < 1.29 is 4.74 Å². The fourth-order valence-electron chi connectivity index (χ4n) is 2.32. The Morgan fingerprint density at radius 2 is 1.81 bits per heavy atom. The molecule has 0 atom stereocenters. The molecule has 3 nitrogen and oxygen atoms in total. The molecule has 0 radical (unpaired) electrons. The largest absolute Gasteiger partial charge is 0.492 e. The molecule has 1 aromatic rings. The molecule has 0 amide bonds. The van der Waals surface area contributed by atoms with Crippen LogP contribution in [0.15, 0.2) is 24.3 Å². The number of hydrogen-bond donors (Lipinski definition) is 1. The maximum absolute atomic E-state index is 5.83. The van der Waals surface area contributed by atoms with Crippen molar-refractivity contribution in [2.75, 3.05) is 26.2 Å². The van der Waals surface area contributed by atoms with Crippen LogP contribution in [0.3, 0.4) is 0 Å². The molecule has 0 unspecified atom stereocenters. The van der Waals surface area contributed by atoms with Gasteiger partial charge in [0.1, 0.15) is 17.3 Å². The molecule has 0 aliphatic rings. The maximum atomic E-state index is 5.83. The maximum Gasteiger partial charge on any atom is 0.120 e. The third-order valence-electron chi connectivity index (χ3n) is 3.04. The number of nitrogens with zero attached hydrogens (tertiary/aromatic N) is 1. The minimum Gasteiger partial charge on any atom is -0.492 e. The van der Waals surface area contributed by atoms with E-state index in [0.29, 0.717) is 23.4 Å². The first kappa shape index (κ1) is 17.9. The van der Waals surface area contributed by atoms with Crippen molar-refractivity contribution in [2.24, 2.45) is 17.6 Å². The van der Waals surface area contributed by atoms with E-state index < -0.39 is 0 Å². The van der Waals surface area contributed by atoms with Gasteiger partial charge in [-0.05, 0) is 24.0 Å². The van der Waals surface area contributed by atoms with Gasteiger partial charge in [-0.3, -0.25) is 4.90 Å². The summed E-state index contributed by atoms with van der Waals surface area (Å²) < 4.78 is 5.83. The van der Waals surface area contributed by atoms with Crippen molar-refractivity contribution in [1.29, 1.82) is 0 Å². The summed E-state index contributed by atoms with van der Waals surface area (Å²) in [6.07, 6.45) is 0. The van der Waals surface area contributed by atoms with Crippen LogP contribution < -0.4 is 10.5 Å². The minimum atomic E-state index is 0.404. The summed E-state index contributed by atoms with van der Waals surface area (Å²) in [6.45, 7) is 12.8. The zero-order chi connectivity index (χ0) is 15.8. The Balaban J connectivity index is 2.49. The Morgan fingerprint density at radius 1 is 1.19 bits per heavy atom. The topological polar surface area (TPSA) is 38.5 Å². The van der Waals surface area contributed by atoms with Crippen LogP contribution in [0.25, 0.3) is 0 Å². The summed E-state index contributed by atoms with van der Waals surface area (Å²) in [5.74, 6) is 2.16. The van der Waals surface area contributed by atoms with E-state index in [9.17, 15) is 0 Å². The molecule has 0 aliphatic carbocycles. The van der Waals surface area contributed by atoms with Crippen molar-refractivity contribution in [1.82, 2.24) is 4.90 Å². The monoisotopic (exact) mass is 308 g/mol. The molecule has 2 N–H and O–H groups in total. The molecule has 0 spiro atoms. The lowest BCUT2D eigenvalue weighted by Crippen LogP contribution is -2.34. The summed E-state index contributed by atoms with van der Waals surface area (Å²) in [5.41, 5.74) is 6.49. The quantitative estimate of drug-likeness (QED) is 0.710. The molecule has 0 heterocycles. The van der Waals surface area contributed by atoms with E-state index in [1.165, 1.54) is 0 Å².